The fraction of sp³-hybridized carbons (Fsp3) is 0.500. The van der Waals surface area contributed by atoms with E-state index in [2.05, 4.69) is 60.9 Å². The summed E-state index contributed by atoms with van der Waals surface area (Å²) >= 11 is 11.0. The van der Waals surface area contributed by atoms with Crippen molar-refractivity contribution in [3.8, 4) is 0 Å². The van der Waals surface area contributed by atoms with Gasteiger partial charge in [0.15, 0.2) is 17.3 Å². The molecule has 0 N–H and O–H groups in total. The Bertz CT molecular complexity index is 448. The van der Waals surface area contributed by atoms with Gasteiger partial charge in [-0.3, -0.25) is 4.98 Å². The molecule has 0 bridgehead atoms. The number of halogens is 1. The zero-order valence-corrected chi connectivity index (χ0v) is 15.4. The zero-order chi connectivity index (χ0) is 15.5. The van der Waals surface area contributed by atoms with E-state index >= 15 is 0 Å². The number of nitrogens with zero attached hydrogens (tertiary/aromatic N) is 4. The molecule has 1 aliphatic rings. The van der Waals surface area contributed by atoms with Crippen LogP contribution in [0.3, 0.4) is 0 Å². The van der Waals surface area contributed by atoms with Gasteiger partial charge in [-0.05, 0) is 31.9 Å². The molecule has 119 valence electrons. The molecule has 1 saturated heterocycles. The van der Waals surface area contributed by atoms with Crippen molar-refractivity contribution < 1.29 is 14.2 Å². The fourth-order valence-electron chi connectivity index (χ4n) is 2.08. The van der Waals surface area contributed by atoms with Crippen molar-refractivity contribution >= 4 is 37.2 Å². The van der Waals surface area contributed by atoms with E-state index in [1.165, 1.54) is 25.7 Å². The van der Waals surface area contributed by atoms with Crippen molar-refractivity contribution in [3.63, 3.8) is 0 Å². The number of rotatable bonds is 2. The van der Waals surface area contributed by atoms with Gasteiger partial charge >= 0.3 is 28.3 Å². The third-order valence-corrected chi connectivity index (χ3v) is 3.59. The van der Waals surface area contributed by atoms with Crippen LogP contribution >= 0.6 is 14.1 Å². The van der Waals surface area contributed by atoms with Crippen molar-refractivity contribution in [2.45, 2.75) is 32.6 Å². The van der Waals surface area contributed by atoms with E-state index in [0.717, 1.165) is 24.5 Å². The number of aromatic nitrogens is 1. The Morgan fingerprint density at radius 2 is 1.95 bits per heavy atom. The first-order chi connectivity index (χ1) is 10.3. The molecule has 2 rings (SSSR count). The van der Waals surface area contributed by atoms with E-state index in [0.29, 0.717) is 5.11 Å². The summed E-state index contributed by atoms with van der Waals surface area (Å²) in [5, 5.41) is 4.93. The van der Waals surface area contributed by atoms with Crippen LogP contribution in [-0.4, -0.2) is 33.8 Å². The average molecular weight is 420 g/mol. The van der Waals surface area contributed by atoms with Crippen LogP contribution in [-0.2, 0) is 26.4 Å². The molecule has 0 unspecified atom stereocenters. The molecule has 1 aromatic rings. The van der Waals surface area contributed by atoms with Crippen molar-refractivity contribution in [2.24, 2.45) is 5.10 Å². The van der Waals surface area contributed by atoms with Crippen molar-refractivity contribution in [1.82, 2.24) is 9.88 Å². The van der Waals surface area contributed by atoms with Gasteiger partial charge in [-0.2, -0.15) is 0 Å². The third kappa shape index (κ3) is 6.98. The van der Waals surface area contributed by atoms with Crippen LogP contribution in [0.15, 0.2) is 29.5 Å². The monoisotopic (exact) mass is 418 g/mol. The first-order valence-electron chi connectivity index (χ1n) is 6.86. The fourth-order valence-corrected chi connectivity index (χ4v) is 2.33. The number of pyridine rings is 1. The van der Waals surface area contributed by atoms with Gasteiger partial charge < -0.3 is 10.5 Å². The number of thiol groups is 1. The maximum absolute atomic E-state index is 4.46. The van der Waals surface area contributed by atoms with Gasteiger partial charge in [0.2, 0.25) is 0 Å². The molecule has 7 heteroatoms. The Kier molecular flexibility index (Phi) is 10.0. The molecule has 0 aliphatic carbocycles. The molecule has 0 saturated carbocycles. The first-order valence-corrected chi connectivity index (χ1v) is 9.64. The van der Waals surface area contributed by atoms with E-state index in [4.69, 9.17) is 0 Å². The molecule has 0 atom stereocenters. The predicted octanol–water partition coefficient (Wildman–Crippen LogP) is 3.27. The van der Waals surface area contributed by atoms with Crippen LogP contribution in [0.5, 0.6) is 0 Å². The Morgan fingerprint density at radius 1 is 1.29 bits per heavy atom. The first kappa shape index (κ1) is 18.7. The van der Waals surface area contributed by atoms with Crippen LogP contribution in [0.4, 0.5) is 0 Å². The van der Waals surface area contributed by atoms with Crippen LogP contribution in [0.1, 0.15) is 38.3 Å². The number of likely N-dealkylation sites (tertiary alicyclic amines) is 1. The Labute approximate surface area is 147 Å². The minimum atomic E-state index is 0.706. The Balaban J connectivity index is 0.00000106. The van der Waals surface area contributed by atoms with Crippen molar-refractivity contribution in [3.05, 3.63) is 35.5 Å². The van der Waals surface area contributed by atoms with E-state index in [-0.39, 0.29) is 0 Å². The summed E-state index contributed by atoms with van der Waals surface area (Å²) in [7, 11) is 0. The Hall–Kier alpha value is -0.331. The number of hydrogen-bond donors (Lipinski definition) is 0. The molecular formula is C14H20BrCuN4S+. The summed E-state index contributed by atoms with van der Waals surface area (Å²) in [5.41, 5.74) is 5.88. The quantitative estimate of drug-likeness (QED) is 0.184. The molecule has 21 heavy (non-hydrogen) atoms. The van der Waals surface area contributed by atoms with Gasteiger partial charge in [-0.25, -0.2) is 4.90 Å². The van der Waals surface area contributed by atoms with Gasteiger partial charge in [0.25, 0.3) is 0 Å². The minimum absolute atomic E-state index is 0.706. The summed E-state index contributed by atoms with van der Waals surface area (Å²) in [6.07, 6.45) is 6.78. The molecule has 0 amide bonds. The summed E-state index contributed by atoms with van der Waals surface area (Å²) in [6.45, 7) is 3.97. The zero-order valence-electron chi connectivity index (χ0n) is 12.0. The topological polar surface area (TPSA) is 42.6 Å². The molecule has 0 radical (unpaired) electrons. The van der Waals surface area contributed by atoms with Crippen molar-refractivity contribution in [2.75, 3.05) is 13.1 Å². The second kappa shape index (κ2) is 11.3. The molecule has 0 spiro atoms. The van der Waals surface area contributed by atoms with Gasteiger partial charge in [0.05, 0.1) is 5.69 Å². The van der Waals surface area contributed by atoms with Crippen LogP contribution in [0.25, 0.3) is 5.43 Å². The van der Waals surface area contributed by atoms with E-state index in [1.54, 1.807) is 6.20 Å². The molecule has 4 nitrogen and oxygen atoms in total. The molecular weight excluding hydrogens is 400 g/mol. The van der Waals surface area contributed by atoms with E-state index in [9.17, 15) is 0 Å². The van der Waals surface area contributed by atoms with Crippen molar-refractivity contribution in [1.29, 1.82) is 0 Å². The van der Waals surface area contributed by atoms with Gasteiger partial charge in [-0.15, -0.1) is 0 Å². The second-order valence-corrected chi connectivity index (χ2v) is 5.10. The van der Waals surface area contributed by atoms with Gasteiger partial charge in [0.1, 0.15) is 0 Å². The maximum atomic E-state index is 4.46. The standard InChI is InChI=1S/C14H20N4S.BrH.Cu/c1-12(13-8-4-5-9-15-13)16-17-14(19)18-10-6-2-3-7-11-18;;/h4-5,8-9H,2-3,6-7,10-11H2,1H3,(H,15,17,19);1H;/q;;+2/p-1. The van der Waals surface area contributed by atoms with Crippen LogP contribution in [0, 0.1) is 0 Å². The van der Waals surface area contributed by atoms with E-state index < -0.39 is 0 Å². The molecule has 0 aromatic carbocycles. The van der Waals surface area contributed by atoms with Gasteiger partial charge in [0, 0.05) is 25.0 Å². The second-order valence-electron chi connectivity index (χ2n) is 4.70. The summed E-state index contributed by atoms with van der Waals surface area (Å²) in [6, 6.07) is 5.77. The SMILES string of the molecule is CC(=N[N-]C(=[SH+])N1CCCCCC1)c1ccccn1.[Cu+][Br]. The third-order valence-electron chi connectivity index (χ3n) is 3.21. The average Bonchev–Trinajstić information content (AvgIpc) is 2.84. The predicted molar refractivity (Wildman–Crippen MR) is 92.5 cm³/mol. The van der Waals surface area contributed by atoms with Gasteiger partial charge in [-0.1, -0.05) is 18.9 Å². The molecule has 1 aliphatic heterocycles. The summed E-state index contributed by atoms with van der Waals surface area (Å²) < 4.78 is 0. The van der Waals surface area contributed by atoms with Crippen LogP contribution < -0.4 is 0 Å². The molecule has 1 fully saturated rings. The number of hydrogen-bond acceptors (Lipinski definition) is 2. The Morgan fingerprint density at radius 3 is 2.52 bits per heavy atom. The molecule has 2 heterocycles. The molecule has 1 aromatic heterocycles. The van der Waals surface area contributed by atoms with Crippen LogP contribution in [0.2, 0.25) is 0 Å². The summed E-state index contributed by atoms with van der Waals surface area (Å²) in [4.78, 5) is 6.45. The summed E-state index contributed by atoms with van der Waals surface area (Å²) in [5.74, 6) is 0. The normalized spacial score (nSPS) is 16.5. The van der Waals surface area contributed by atoms with E-state index in [1.807, 2.05) is 25.1 Å².